The Bertz CT molecular complexity index is 567. The van der Waals surface area contributed by atoms with Crippen LogP contribution in [0.3, 0.4) is 0 Å². The first-order valence-corrected chi connectivity index (χ1v) is 9.72. The molecule has 2 atom stereocenters. The van der Waals surface area contributed by atoms with Crippen molar-refractivity contribution < 1.29 is 4.39 Å². The van der Waals surface area contributed by atoms with Gasteiger partial charge < -0.3 is 4.90 Å². The van der Waals surface area contributed by atoms with Gasteiger partial charge in [-0.25, -0.2) is 4.39 Å². The van der Waals surface area contributed by atoms with Crippen molar-refractivity contribution in [2.45, 2.75) is 52.5 Å². The summed E-state index contributed by atoms with van der Waals surface area (Å²) in [6.45, 7) is 11.0. The predicted molar refractivity (Wildman–Crippen MR) is 100 cm³/mol. The van der Waals surface area contributed by atoms with Gasteiger partial charge in [-0.2, -0.15) is 0 Å². The first-order valence-electron chi connectivity index (χ1n) is 9.35. The van der Waals surface area contributed by atoms with E-state index in [4.69, 9.17) is 11.6 Å². The first kappa shape index (κ1) is 18.0. The summed E-state index contributed by atoms with van der Waals surface area (Å²) in [5.41, 5.74) is 1.15. The number of nitrogens with zero attached hydrogens (tertiary/aromatic N) is 2. The Labute approximate surface area is 151 Å². The van der Waals surface area contributed by atoms with Crippen molar-refractivity contribution >= 4 is 17.3 Å². The highest BCUT2D eigenvalue weighted by molar-refractivity contribution is 6.30. The summed E-state index contributed by atoms with van der Waals surface area (Å²) < 4.78 is 14.1. The van der Waals surface area contributed by atoms with Crippen molar-refractivity contribution in [1.29, 1.82) is 0 Å². The average molecular weight is 353 g/mol. The maximum atomic E-state index is 14.1. The summed E-state index contributed by atoms with van der Waals surface area (Å²) >= 11 is 5.86. The number of rotatable bonds is 4. The summed E-state index contributed by atoms with van der Waals surface area (Å²) in [6, 6.07) is 5.72. The van der Waals surface area contributed by atoms with E-state index in [0.717, 1.165) is 38.1 Å². The molecule has 2 nitrogen and oxygen atoms in total. The molecule has 1 aliphatic heterocycles. The molecule has 0 N–H and O–H groups in total. The molecule has 1 saturated carbocycles. The molecule has 24 heavy (non-hydrogen) atoms. The van der Waals surface area contributed by atoms with Crippen LogP contribution in [0.2, 0.25) is 5.02 Å². The lowest BCUT2D eigenvalue weighted by molar-refractivity contribution is 0.158. The normalized spacial score (nSPS) is 26.1. The van der Waals surface area contributed by atoms with Crippen LogP contribution >= 0.6 is 11.6 Å². The largest absolute Gasteiger partial charge is 0.367 e. The second kappa shape index (κ2) is 7.21. The third-order valence-electron chi connectivity index (χ3n) is 6.50. The van der Waals surface area contributed by atoms with Crippen molar-refractivity contribution in [1.82, 2.24) is 4.90 Å². The molecule has 1 aliphatic carbocycles. The van der Waals surface area contributed by atoms with Crippen LogP contribution in [0.5, 0.6) is 0 Å². The van der Waals surface area contributed by atoms with E-state index in [9.17, 15) is 4.39 Å². The molecular weight excluding hydrogens is 323 g/mol. The van der Waals surface area contributed by atoms with Crippen molar-refractivity contribution in [2.75, 3.05) is 31.1 Å². The second-order valence-corrected chi connectivity index (χ2v) is 8.56. The van der Waals surface area contributed by atoms with E-state index in [1.807, 2.05) is 6.07 Å². The summed E-state index contributed by atoms with van der Waals surface area (Å²) in [5.74, 6) is 0.640. The molecule has 0 aromatic heterocycles. The monoisotopic (exact) mass is 352 g/mol. The molecule has 0 bridgehead atoms. The van der Waals surface area contributed by atoms with Gasteiger partial charge in [0.25, 0.3) is 0 Å². The molecule has 1 heterocycles. The van der Waals surface area contributed by atoms with Crippen LogP contribution in [-0.4, -0.2) is 37.1 Å². The maximum absolute atomic E-state index is 14.1. The number of piperazine rings is 1. The molecule has 0 radical (unpaired) electrons. The van der Waals surface area contributed by atoms with Crippen LogP contribution < -0.4 is 4.90 Å². The third kappa shape index (κ3) is 3.72. The smallest absolute Gasteiger partial charge is 0.147 e. The zero-order valence-corrected chi connectivity index (χ0v) is 15.9. The Balaban J connectivity index is 1.56. The molecule has 134 valence electrons. The number of hydrogen-bond acceptors (Lipinski definition) is 2. The standard InChI is InChI=1S/C20H30ClFN2/c1-4-20(2,3)15-5-7-17(13-15)23-9-11-24(12-10-23)19-8-6-16(21)14-18(19)22/h6,8,14-15,17H,4-5,7,9-13H2,1-3H3. The molecule has 2 aliphatic rings. The Kier molecular flexibility index (Phi) is 5.41. The van der Waals surface area contributed by atoms with Crippen LogP contribution in [0.25, 0.3) is 0 Å². The average Bonchev–Trinajstić information content (AvgIpc) is 3.06. The molecule has 2 unspecified atom stereocenters. The highest BCUT2D eigenvalue weighted by atomic mass is 35.5. The van der Waals surface area contributed by atoms with Gasteiger partial charge >= 0.3 is 0 Å². The van der Waals surface area contributed by atoms with E-state index < -0.39 is 0 Å². The lowest BCUT2D eigenvalue weighted by atomic mass is 9.76. The number of anilines is 1. The fourth-order valence-electron chi connectivity index (χ4n) is 4.35. The minimum atomic E-state index is -0.207. The molecule has 3 rings (SSSR count). The van der Waals surface area contributed by atoms with Crippen LogP contribution in [0.1, 0.15) is 46.5 Å². The van der Waals surface area contributed by atoms with Gasteiger partial charge in [0.2, 0.25) is 0 Å². The van der Waals surface area contributed by atoms with E-state index in [0.29, 0.717) is 16.1 Å². The van der Waals surface area contributed by atoms with Crippen molar-refractivity contribution in [3.63, 3.8) is 0 Å². The molecule has 0 amide bonds. The van der Waals surface area contributed by atoms with Gasteiger partial charge in [0, 0.05) is 37.2 Å². The maximum Gasteiger partial charge on any atom is 0.147 e. The molecule has 0 spiro atoms. The molecule has 4 heteroatoms. The third-order valence-corrected chi connectivity index (χ3v) is 6.74. The molecule has 1 aromatic carbocycles. The summed E-state index contributed by atoms with van der Waals surface area (Å²) in [5, 5.41) is 0.463. The minimum Gasteiger partial charge on any atom is -0.367 e. The SMILES string of the molecule is CCC(C)(C)C1CCC(N2CCN(c3ccc(Cl)cc3F)CC2)C1. The topological polar surface area (TPSA) is 6.48 Å². The minimum absolute atomic E-state index is 0.207. The Morgan fingerprint density at radius 1 is 1.17 bits per heavy atom. The number of benzene rings is 1. The van der Waals surface area contributed by atoms with E-state index in [1.165, 1.54) is 31.7 Å². The van der Waals surface area contributed by atoms with E-state index in [1.54, 1.807) is 6.07 Å². The van der Waals surface area contributed by atoms with Gasteiger partial charge in [-0.05, 0) is 48.8 Å². The molecular formula is C20H30ClFN2. The summed E-state index contributed by atoms with van der Waals surface area (Å²) in [7, 11) is 0. The van der Waals surface area contributed by atoms with Crippen molar-refractivity contribution in [3.8, 4) is 0 Å². The van der Waals surface area contributed by atoms with Gasteiger partial charge in [0.15, 0.2) is 0 Å². The van der Waals surface area contributed by atoms with Gasteiger partial charge in [-0.1, -0.05) is 38.8 Å². The fraction of sp³-hybridized carbons (Fsp3) is 0.700. The highest BCUT2D eigenvalue weighted by Gasteiger charge is 2.37. The lowest BCUT2D eigenvalue weighted by Gasteiger charge is -2.40. The Morgan fingerprint density at radius 2 is 1.88 bits per heavy atom. The van der Waals surface area contributed by atoms with Crippen molar-refractivity contribution in [3.05, 3.63) is 29.0 Å². The Morgan fingerprint density at radius 3 is 2.50 bits per heavy atom. The lowest BCUT2D eigenvalue weighted by Crippen LogP contribution is -2.50. The van der Waals surface area contributed by atoms with E-state index in [2.05, 4.69) is 30.6 Å². The Hall–Kier alpha value is -0.800. The molecule has 1 aromatic rings. The number of hydrogen-bond donors (Lipinski definition) is 0. The first-order chi connectivity index (χ1) is 11.4. The van der Waals surface area contributed by atoms with Crippen LogP contribution in [0.15, 0.2) is 18.2 Å². The van der Waals surface area contributed by atoms with E-state index >= 15 is 0 Å². The predicted octanol–water partition coefficient (Wildman–Crippen LogP) is 5.21. The quantitative estimate of drug-likeness (QED) is 0.734. The van der Waals surface area contributed by atoms with Crippen LogP contribution in [-0.2, 0) is 0 Å². The summed E-state index contributed by atoms with van der Waals surface area (Å²) in [4.78, 5) is 4.79. The van der Waals surface area contributed by atoms with Gasteiger partial charge in [-0.3, -0.25) is 4.90 Å². The van der Waals surface area contributed by atoms with Crippen molar-refractivity contribution in [2.24, 2.45) is 11.3 Å². The summed E-state index contributed by atoms with van der Waals surface area (Å²) in [6.07, 6.45) is 5.27. The van der Waals surface area contributed by atoms with E-state index in [-0.39, 0.29) is 5.82 Å². The van der Waals surface area contributed by atoms with Gasteiger partial charge in [0.05, 0.1) is 5.69 Å². The highest BCUT2D eigenvalue weighted by Crippen LogP contribution is 2.43. The zero-order valence-electron chi connectivity index (χ0n) is 15.2. The van der Waals surface area contributed by atoms with Crippen LogP contribution in [0.4, 0.5) is 10.1 Å². The zero-order chi connectivity index (χ0) is 17.3. The molecule has 2 fully saturated rings. The van der Waals surface area contributed by atoms with Gasteiger partial charge in [-0.15, -0.1) is 0 Å². The second-order valence-electron chi connectivity index (χ2n) is 8.12. The number of halogens is 2. The van der Waals surface area contributed by atoms with Gasteiger partial charge in [0.1, 0.15) is 5.82 Å². The van der Waals surface area contributed by atoms with Crippen LogP contribution in [0, 0.1) is 17.2 Å². The molecule has 1 saturated heterocycles. The fourth-order valence-corrected chi connectivity index (χ4v) is 4.51.